The van der Waals surface area contributed by atoms with Gasteiger partial charge >= 0.3 is 0 Å². The zero-order valence-corrected chi connectivity index (χ0v) is 7.53. The van der Waals surface area contributed by atoms with Crippen LogP contribution in [0, 0.1) is 0 Å². The van der Waals surface area contributed by atoms with Crippen molar-refractivity contribution in [2.45, 2.75) is 25.3 Å². The van der Waals surface area contributed by atoms with Crippen LogP contribution >= 0.6 is 0 Å². The van der Waals surface area contributed by atoms with E-state index < -0.39 is 0 Å². The molecule has 0 radical (unpaired) electrons. The minimum absolute atomic E-state index is 0.0522. The smallest absolute Gasteiger partial charge is 0.217 e. The van der Waals surface area contributed by atoms with Crippen LogP contribution in [0.5, 0.6) is 0 Å². The van der Waals surface area contributed by atoms with Crippen LogP contribution in [0.1, 0.15) is 24.8 Å². The molecule has 1 aliphatic rings. The highest BCUT2D eigenvalue weighted by atomic mass is 16.1. The molecular weight excluding hydrogens is 164 g/mol. The molecule has 1 aromatic heterocycles. The molecule has 2 atom stereocenters. The number of hydrogen-bond acceptors (Lipinski definition) is 2. The molecule has 1 N–H and O–H groups in total. The molecule has 2 rings (SSSR count). The summed E-state index contributed by atoms with van der Waals surface area (Å²) >= 11 is 0. The van der Waals surface area contributed by atoms with Gasteiger partial charge in [0.15, 0.2) is 0 Å². The summed E-state index contributed by atoms with van der Waals surface area (Å²) in [6.07, 6.45) is 4.68. The van der Waals surface area contributed by atoms with E-state index in [4.69, 9.17) is 0 Å². The Morgan fingerprint density at radius 2 is 2.54 bits per heavy atom. The average molecular weight is 176 g/mol. The summed E-state index contributed by atoms with van der Waals surface area (Å²) in [5.74, 6) is 0.536. The van der Waals surface area contributed by atoms with Crippen LogP contribution in [-0.2, 0) is 4.79 Å². The van der Waals surface area contributed by atoms with Crippen LogP contribution in [-0.4, -0.2) is 16.9 Å². The van der Waals surface area contributed by atoms with E-state index in [2.05, 4.69) is 16.4 Å². The maximum Gasteiger partial charge on any atom is 0.217 e. The number of hydrogen-bond donors (Lipinski definition) is 1. The molecule has 0 aromatic carbocycles. The minimum Gasteiger partial charge on any atom is -0.353 e. The van der Waals surface area contributed by atoms with Crippen molar-refractivity contribution < 1.29 is 4.79 Å². The second-order valence-corrected chi connectivity index (χ2v) is 3.44. The molecule has 1 amide bonds. The van der Waals surface area contributed by atoms with E-state index in [9.17, 15) is 4.79 Å². The highest BCUT2D eigenvalue weighted by molar-refractivity contribution is 5.73. The first-order valence-electron chi connectivity index (χ1n) is 4.44. The Balaban J connectivity index is 1.97. The quantitative estimate of drug-likeness (QED) is 0.732. The Bertz CT molecular complexity index is 310. The van der Waals surface area contributed by atoms with E-state index >= 15 is 0 Å². The third-order valence-corrected chi connectivity index (χ3v) is 2.29. The Hall–Kier alpha value is -1.38. The van der Waals surface area contributed by atoms with Crippen LogP contribution in [0.2, 0.25) is 0 Å². The zero-order valence-electron chi connectivity index (χ0n) is 7.53. The summed E-state index contributed by atoms with van der Waals surface area (Å²) < 4.78 is 0. The van der Waals surface area contributed by atoms with Crippen molar-refractivity contribution in [3.05, 3.63) is 30.1 Å². The molecule has 13 heavy (non-hydrogen) atoms. The summed E-state index contributed by atoms with van der Waals surface area (Å²) in [4.78, 5) is 14.8. The molecule has 0 unspecified atom stereocenters. The Morgan fingerprint density at radius 1 is 1.69 bits per heavy atom. The monoisotopic (exact) mass is 176 g/mol. The van der Waals surface area contributed by atoms with E-state index in [1.165, 1.54) is 5.56 Å². The van der Waals surface area contributed by atoms with Crippen LogP contribution in [0.25, 0.3) is 0 Å². The molecule has 1 aliphatic carbocycles. The second kappa shape index (κ2) is 3.17. The average Bonchev–Trinajstić information content (AvgIpc) is 2.84. The number of rotatable bonds is 2. The topological polar surface area (TPSA) is 42.0 Å². The molecule has 0 bridgehead atoms. The maximum absolute atomic E-state index is 10.7. The first-order chi connectivity index (χ1) is 6.27. The lowest BCUT2D eigenvalue weighted by Gasteiger charge is -1.99. The summed E-state index contributed by atoms with van der Waals surface area (Å²) in [5.41, 5.74) is 1.22. The lowest BCUT2D eigenvalue weighted by Crippen LogP contribution is -2.23. The number of carbonyl (C=O) groups is 1. The highest BCUT2D eigenvalue weighted by Crippen LogP contribution is 2.40. The second-order valence-electron chi connectivity index (χ2n) is 3.44. The van der Waals surface area contributed by atoms with Gasteiger partial charge < -0.3 is 5.32 Å². The van der Waals surface area contributed by atoms with E-state index in [-0.39, 0.29) is 5.91 Å². The number of aromatic nitrogens is 1. The molecule has 1 saturated carbocycles. The van der Waals surface area contributed by atoms with Gasteiger partial charge in [-0.25, -0.2) is 0 Å². The predicted molar refractivity (Wildman–Crippen MR) is 49.2 cm³/mol. The lowest BCUT2D eigenvalue weighted by atomic mass is 10.2. The van der Waals surface area contributed by atoms with Crippen LogP contribution in [0.4, 0.5) is 0 Å². The fourth-order valence-corrected chi connectivity index (χ4v) is 1.58. The standard InChI is InChI=1S/C10H12N2O/c1-7(13)12-10-5-9(10)8-3-2-4-11-6-8/h2-4,6,9-10H,5H2,1H3,(H,12,13)/t9-,10+/m1/s1. The van der Waals surface area contributed by atoms with E-state index in [1.54, 1.807) is 13.1 Å². The summed E-state index contributed by atoms with van der Waals surface area (Å²) in [5, 5.41) is 2.90. The van der Waals surface area contributed by atoms with Gasteiger partial charge in [0.05, 0.1) is 0 Å². The van der Waals surface area contributed by atoms with Gasteiger partial charge in [-0.15, -0.1) is 0 Å². The third kappa shape index (κ3) is 1.86. The van der Waals surface area contributed by atoms with Crippen molar-refractivity contribution in [2.24, 2.45) is 0 Å². The Morgan fingerprint density at radius 3 is 3.15 bits per heavy atom. The zero-order chi connectivity index (χ0) is 9.26. The van der Waals surface area contributed by atoms with Gasteiger partial charge in [0.25, 0.3) is 0 Å². The van der Waals surface area contributed by atoms with Gasteiger partial charge in [-0.2, -0.15) is 0 Å². The van der Waals surface area contributed by atoms with E-state index in [1.807, 2.05) is 12.3 Å². The molecule has 0 aliphatic heterocycles. The van der Waals surface area contributed by atoms with Crippen molar-refractivity contribution >= 4 is 5.91 Å². The summed E-state index contributed by atoms with van der Waals surface area (Å²) in [6, 6.07) is 4.32. The minimum atomic E-state index is 0.0522. The van der Waals surface area contributed by atoms with E-state index in [0.717, 1.165) is 6.42 Å². The van der Waals surface area contributed by atoms with Gasteiger partial charge in [-0.1, -0.05) is 6.07 Å². The lowest BCUT2D eigenvalue weighted by molar-refractivity contribution is -0.119. The number of amides is 1. The first kappa shape index (κ1) is 8.23. The van der Waals surface area contributed by atoms with Gasteiger partial charge in [0, 0.05) is 31.3 Å². The van der Waals surface area contributed by atoms with Crippen molar-refractivity contribution in [1.29, 1.82) is 0 Å². The molecule has 3 heteroatoms. The van der Waals surface area contributed by atoms with Gasteiger partial charge in [-0.05, 0) is 18.1 Å². The fraction of sp³-hybridized carbons (Fsp3) is 0.400. The maximum atomic E-state index is 10.7. The first-order valence-corrected chi connectivity index (χ1v) is 4.44. The largest absolute Gasteiger partial charge is 0.353 e. The molecule has 1 fully saturated rings. The summed E-state index contributed by atoms with van der Waals surface area (Å²) in [7, 11) is 0. The molecule has 1 aromatic rings. The normalized spacial score (nSPS) is 25.3. The molecule has 0 saturated heterocycles. The summed E-state index contributed by atoms with van der Waals surface area (Å²) in [6.45, 7) is 1.55. The van der Waals surface area contributed by atoms with Crippen LogP contribution < -0.4 is 5.32 Å². The molecule has 0 spiro atoms. The third-order valence-electron chi connectivity index (χ3n) is 2.29. The SMILES string of the molecule is CC(=O)N[C@H]1C[C@@H]1c1cccnc1. The molecular formula is C10H12N2O. The van der Waals surface area contributed by atoms with E-state index in [0.29, 0.717) is 12.0 Å². The number of pyridine rings is 1. The van der Waals surface area contributed by atoms with Gasteiger partial charge in [-0.3, -0.25) is 9.78 Å². The van der Waals surface area contributed by atoms with Crippen molar-refractivity contribution in [2.75, 3.05) is 0 Å². The van der Waals surface area contributed by atoms with Crippen molar-refractivity contribution in [1.82, 2.24) is 10.3 Å². The Labute approximate surface area is 77.2 Å². The van der Waals surface area contributed by atoms with Gasteiger partial charge in [0.2, 0.25) is 5.91 Å². The van der Waals surface area contributed by atoms with Crippen LogP contribution in [0.3, 0.4) is 0 Å². The number of nitrogens with one attached hydrogen (secondary N) is 1. The fourth-order valence-electron chi connectivity index (χ4n) is 1.58. The van der Waals surface area contributed by atoms with Gasteiger partial charge in [0.1, 0.15) is 0 Å². The predicted octanol–water partition coefficient (Wildman–Crippen LogP) is 1.07. The Kier molecular flexibility index (Phi) is 2.00. The number of carbonyl (C=O) groups excluding carboxylic acids is 1. The van der Waals surface area contributed by atoms with Crippen molar-refractivity contribution in [3.8, 4) is 0 Å². The molecule has 68 valence electrons. The van der Waals surface area contributed by atoms with Crippen LogP contribution in [0.15, 0.2) is 24.5 Å². The number of nitrogens with zero attached hydrogens (tertiary/aromatic N) is 1. The highest BCUT2D eigenvalue weighted by Gasteiger charge is 2.38. The molecule has 3 nitrogen and oxygen atoms in total. The molecule has 1 heterocycles. The van der Waals surface area contributed by atoms with Crippen molar-refractivity contribution in [3.63, 3.8) is 0 Å².